The molecule has 3 rings (SSSR count). The number of aliphatic hydroxyl groups excluding tert-OH is 1. The molecule has 0 unspecified atom stereocenters. The van der Waals surface area contributed by atoms with Crippen LogP contribution in [0.25, 0.3) is 0 Å². The van der Waals surface area contributed by atoms with Crippen LogP contribution in [0.1, 0.15) is 15.9 Å². The molecule has 0 aliphatic carbocycles. The van der Waals surface area contributed by atoms with E-state index < -0.39 is 12.1 Å². The number of ketones is 1. The topological polar surface area (TPSA) is 105 Å². The van der Waals surface area contributed by atoms with Gasteiger partial charge >= 0.3 is 0 Å². The fraction of sp³-hybridized carbons (Fsp3) is 0.176. The fourth-order valence-corrected chi connectivity index (χ4v) is 2.32. The zero-order valence-corrected chi connectivity index (χ0v) is 12.6. The number of amides is 1. The Morgan fingerprint density at radius 3 is 2.71 bits per heavy atom. The molecule has 1 aliphatic heterocycles. The summed E-state index contributed by atoms with van der Waals surface area (Å²) >= 11 is 0. The molecule has 0 saturated carbocycles. The van der Waals surface area contributed by atoms with Gasteiger partial charge in [0.2, 0.25) is 12.1 Å². The third-order valence-electron chi connectivity index (χ3n) is 3.43. The third kappa shape index (κ3) is 3.37. The van der Waals surface area contributed by atoms with Gasteiger partial charge in [0.05, 0.1) is 11.3 Å². The molecule has 124 valence electrons. The molecule has 0 bridgehead atoms. The first-order valence-electron chi connectivity index (χ1n) is 7.22. The average Bonchev–Trinajstić information content (AvgIpc) is 2.59. The van der Waals surface area contributed by atoms with Gasteiger partial charge in [0.25, 0.3) is 5.91 Å². The van der Waals surface area contributed by atoms with E-state index in [0.29, 0.717) is 5.75 Å². The third-order valence-corrected chi connectivity index (χ3v) is 3.43. The summed E-state index contributed by atoms with van der Waals surface area (Å²) < 4.78 is 10.9. The minimum Gasteiger partial charge on any atom is -0.489 e. The lowest BCUT2D eigenvalue weighted by molar-refractivity contribution is -0.118. The lowest BCUT2D eigenvalue weighted by Gasteiger charge is -2.22. The van der Waals surface area contributed by atoms with E-state index >= 15 is 0 Å². The van der Waals surface area contributed by atoms with Gasteiger partial charge in [0, 0.05) is 6.07 Å². The number of fused-ring (bicyclic) bond motifs is 1. The molecular weight excluding hydrogens is 314 g/mol. The van der Waals surface area contributed by atoms with Gasteiger partial charge in [-0.2, -0.15) is 0 Å². The van der Waals surface area contributed by atoms with Crippen molar-refractivity contribution in [3.8, 4) is 11.5 Å². The monoisotopic (exact) mass is 329 g/mol. The Balaban J connectivity index is 1.92. The number of nitrogens with one attached hydrogen (secondary N) is 1. The van der Waals surface area contributed by atoms with Crippen LogP contribution >= 0.6 is 0 Å². The number of hydrogen-bond acceptors (Lipinski definition) is 6. The molecule has 0 aromatic heterocycles. The van der Waals surface area contributed by atoms with Gasteiger partial charge in [0.15, 0.2) is 12.4 Å². The second-order valence-electron chi connectivity index (χ2n) is 5.20. The SMILES string of the molecule is O=C1COc2c(cc(OCc3ccccc3)cc2C(=O)C(O)O)N1. The Morgan fingerprint density at radius 1 is 1.25 bits per heavy atom. The van der Waals surface area contributed by atoms with Gasteiger partial charge < -0.3 is 25.0 Å². The smallest absolute Gasteiger partial charge is 0.262 e. The maximum Gasteiger partial charge on any atom is 0.262 e. The van der Waals surface area contributed by atoms with Crippen LogP contribution < -0.4 is 14.8 Å². The highest BCUT2D eigenvalue weighted by molar-refractivity contribution is 6.05. The number of aliphatic hydroxyl groups is 2. The lowest BCUT2D eigenvalue weighted by Crippen LogP contribution is -2.28. The van der Waals surface area contributed by atoms with Crippen molar-refractivity contribution in [1.29, 1.82) is 0 Å². The van der Waals surface area contributed by atoms with Crippen LogP contribution in [0.5, 0.6) is 11.5 Å². The van der Waals surface area contributed by atoms with Gasteiger partial charge in [-0.1, -0.05) is 30.3 Å². The standard InChI is InChI=1S/C17H15NO6/c19-14-9-24-16-12(15(20)17(21)22)6-11(7-13(16)18-14)23-8-10-4-2-1-3-5-10/h1-7,17,21-22H,8-9H2,(H,18,19). The van der Waals surface area contributed by atoms with Crippen LogP contribution in [0.2, 0.25) is 0 Å². The quantitative estimate of drug-likeness (QED) is 0.560. The molecule has 0 saturated heterocycles. The summed E-state index contributed by atoms with van der Waals surface area (Å²) in [6.45, 7) is 0.00274. The molecule has 0 fully saturated rings. The summed E-state index contributed by atoms with van der Waals surface area (Å²) in [7, 11) is 0. The summed E-state index contributed by atoms with van der Waals surface area (Å²) in [5.41, 5.74) is 1.11. The second kappa shape index (κ2) is 6.69. The van der Waals surface area contributed by atoms with Crippen molar-refractivity contribution < 1.29 is 29.3 Å². The molecule has 24 heavy (non-hydrogen) atoms. The zero-order chi connectivity index (χ0) is 17.1. The number of anilines is 1. The van der Waals surface area contributed by atoms with Gasteiger partial charge in [-0.15, -0.1) is 0 Å². The summed E-state index contributed by atoms with van der Waals surface area (Å²) in [6, 6.07) is 12.3. The minimum absolute atomic E-state index is 0.0643. The predicted octanol–water partition coefficient (Wildman–Crippen LogP) is 1.09. The summed E-state index contributed by atoms with van der Waals surface area (Å²) in [5, 5.41) is 20.9. The maximum absolute atomic E-state index is 12.0. The van der Waals surface area contributed by atoms with E-state index in [1.807, 2.05) is 30.3 Å². The molecular formula is C17H15NO6. The van der Waals surface area contributed by atoms with Crippen LogP contribution in [0, 0.1) is 0 Å². The molecule has 0 atom stereocenters. The second-order valence-corrected chi connectivity index (χ2v) is 5.20. The number of benzene rings is 2. The van der Waals surface area contributed by atoms with Gasteiger partial charge in [-0.25, -0.2) is 0 Å². The molecule has 3 N–H and O–H groups in total. The largest absolute Gasteiger partial charge is 0.489 e. The highest BCUT2D eigenvalue weighted by Crippen LogP contribution is 2.36. The molecule has 7 heteroatoms. The number of Topliss-reactive ketones (excluding diaryl/α,β-unsaturated/α-hetero) is 1. The summed E-state index contributed by atoms with van der Waals surface area (Å²) in [5.74, 6) is -0.912. The van der Waals surface area contributed by atoms with Crippen molar-refractivity contribution in [2.24, 2.45) is 0 Å². The van der Waals surface area contributed by atoms with E-state index in [-0.39, 0.29) is 36.1 Å². The van der Waals surface area contributed by atoms with Crippen molar-refractivity contribution in [3.63, 3.8) is 0 Å². The Hall–Kier alpha value is -2.90. The number of ether oxygens (including phenoxy) is 2. The van der Waals surface area contributed by atoms with E-state index in [9.17, 15) is 9.59 Å². The van der Waals surface area contributed by atoms with E-state index in [0.717, 1.165) is 5.56 Å². The number of rotatable bonds is 5. The molecule has 0 radical (unpaired) electrons. The molecule has 0 spiro atoms. The van der Waals surface area contributed by atoms with Crippen molar-refractivity contribution in [2.75, 3.05) is 11.9 Å². The summed E-state index contributed by atoms with van der Waals surface area (Å²) in [6.07, 6.45) is -2.18. The summed E-state index contributed by atoms with van der Waals surface area (Å²) in [4.78, 5) is 23.4. The first kappa shape index (κ1) is 16.0. The Bertz CT molecular complexity index is 772. The molecule has 1 heterocycles. The lowest BCUT2D eigenvalue weighted by atomic mass is 10.1. The predicted molar refractivity (Wildman–Crippen MR) is 83.9 cm³/mol. The normalized spacial score (nSPS) is 13.0. The van der Waals surface area contributed by atoms with Gasteiger partial charge in [-0.3, -0.25) is 9.59 Å². The Labute approximate surface area is 137 Å². The van der Waals surface area contributed by atoms with Crippen LogP contribution in [0.15, 0.2) is 42.5 Å². The zero-order valence-electron chi connectivity index (χ0n) is 12.6. The van der Waals surface area contributed by atoms with E-state index in [1.54, 1.807) is 0 Å². The van der Waals surface area contributed by atoms with E-state index in [1.165, 1.54) is 12.1 Å². The first-order valence-corrected chi connectivity index (χ1v) is 7.22. The molecule has 7 nitrogen and oxygen atoms in total. The number of hydrogen-bond donors (Lipinski definition) is 3. The minimum atomic E-state index is -2.18. The molecule has 2 aromatic carbocycles. The van der Waals surface area contributed by atoms with Crippen LogP contribution in [-0.4, -0.2) is 34.8 Å². The van der Waals surface area contributed by atoms with E-state index in [2.05, 4.69) is 5.32 Å². The molecule has 2 aromatic rings. The Kier molecular flexibility index (Phi) is 4.45. The Morgan fingerprint density at radius 2 is 2.00 bits per heavy atom. The van der Waals surface area contributed by atoms with Gasteiger partial charge in [0.1, 0.15) is 12.4 Å². The highest BCUT2D eigenvalue weighted by atomic mass is 16.5. The van der Waals surface area contributed by atoms with Crippen molar-refractivity contribution in [3.05, 3.63) is 53.6 Å². The van der Waals surface area contributed by atoms with Crippen molar-refractivity contribution >= 4 is 17.4 Å². The number of carbonyl (C=O) groups excluding carboxylic acids is 2. The van der Waals surface area contributed by atoms with Crippen LogP contribution in [0.4, 0.5) is 5.69 Å². The molecule has 1 amide bonds. The number of carbonyl (C=O) groups is 2. The van der Waals surface area contributed by atoms with E-state index in [4.69, 9.17) is 19.7 Å². The average molecular weight is 329 g/mol. The van der Waals surface area contributed by atoms with Crippen LogP contribution in [0.3, 0.4) is 0 Å². The van der Waals surface area contributed by atoms with Crippen LogP contribution in [-0.2, 0) is 11.4 Å². The molecule has 1 aliphatic rings. The highest BCUT2D eigenvalue weighted by Gasteiger charge is 2.27. The van der Waals surface area contributed by atoms with Gasteiger partial charge in [-0.05, 0) is 11.6 Å². The maximum atomic E-state index is 12.0. The van der Waals surface area contributed by atoms with Crippen molar-refractivity contribution in [1.82, 2.24) is 0 Å². The fourth-order valence-electron chi connectivity index (χ4n) is 2.32. The first-order chi connectivity index (χ1) is 11.5. The van der Waals surface area contributed by atoms with Crippen molar-refractivity contribution in [2.45, 2.75) is 12.9 Å².